The van der Waals surface area contributed by atoms with E-state index in [1.165, 1.54) is 11.5 Å². The maximum Gasteiger partial charge on any atom is 0.109 e. The Bertz CT molecular complexity index is 349. The van der Waals surface area contributed by atoms with Crippen LogP contribution in [0, 0.1) is 5.41 Å². The van der Waals surface area contributed by atoms with E-state index in [2.05, 4.69) is 30.3 Å². The van der Waals surface area contributed by atoms with Gasteiger partial charge in [0, 0.05) is 31.3 Å². The minimum atomic E-state index is -0.170. The topological polar surface area (TPSA) is 38.0 Å². The van der Waals surface area contributed by atoms with Crippen molar-refractivity contribution in [1.82, 2.24) is 9.55 Å². The van der Waals surface area contributed by atoms with E-state index < -0.39 is 0 Å². The Morgan fingerprint density at radius 2 is 2.27 bits per heavy atom. The van der Waals surface area contributed by atoms with Gasteiger partial charge in [-0.05, 0) is 11.8 Å². The highest BCUT2D eigenvalue weighted by Gasteiger charge is 2.22. The molecule has 1 atom stereocenters. The molecule has 1 unspecified atom stereocenters. The monoisotopic (exact) mass is 208 g/mol. The normalized spacial score (nSPS) is 21.5. The minimum absolute atomic E-state index is 0.170. The molecule has 1 aromatic rings. The Balaban J connectivity index is 2.21. The van der Waals surface area contributed by atoms with Crippen LogP contribution < -0.4 is 0 Å². The maximum atomic E-state index is 9.56. The zero-order chi connectivity index (χ0) is 11.1. The first-order chi connectivity index (χ1) is 6.96. The molecule has 0 fully saturated rings. The van der Waals surface area contributed by atoms with Gasteiger partial charge < -0.3 is 9.67 Å². The fourth-order valence-electron chi connectivity index (χ4n) is 2.13. The summed E-state index contributed by atoms with van der Waals surface area (Å²) in [7, 11) is 0. The number of imidazole rings is 1. The highest BCUT2D eigenvalue weighted by atomic mass is 16.3. The van der Waals surface area contributed by atoms with E-state index in [-0.39, 0.29) is 11.5 Å². The van der Waals surface area contributed by atoms with Crippen molar-refractivity contribution in [2.75, 3.05) is 0 Å². The minimum Gasteiger partial charge on any atom is -0.393 e. The third-order valence-corrected chi connectivity index (χ3v) is 2.84. The number of nitrogens with zero attached hydrogens (tertiary/aromatic N) is 2. The molecular weight excluding hydrogens is 188 g/mol. The van der Waals surface area contributed by atoms with Gasteiger partial charge in [0.05, 0.1) is 6.10 Å². The molecule has 0 spiro atoms. The van der Waals surface area contributed by atoms with Crippen molar-refractivity contribution in [1.29, 1.82) is 0 Å². The van der Waals surface area contributed by atoms with Crippen molar-refractivity contribution >= 4 is 0 Å². The first-order valence-corrected chi connectivity index (χ1v) is 5.67. The number of rotatable bonds is 1. The molecule has 3 heteroatoms. The molecule has 84 valence electrons. The second kappa shape index (κ2) is 3.63. The van der Waals surface area contributed by atoms with Gasteiger partial charge in [-0.3, -0.25) is 0 Å². The lowest BCUT2D eigenvalue weighted by Crippen LogP contribution is -2.25. The second-order valence-electron chi connectivity index (χ2n) is 5.70. The average molecular weight is 208 g/mol. The Kier molecular flexibility index (Phi) is 2.59. The predicted molar refractivity (Wildman–Crippen MR) is 59.7 cm³/mol. The molecule has 1 aliphatic rings. The fourth-order valence-corrected chi connectivity index (χ4v) is 2.13. The van der Waals surface area contributed by atoms with Crippen LogP contribution in [0.3, 0.4) is 0 Å². The summed E-state index contributed by atoms with van der Waals surface area (Å²) in [4.78, 5) is 4.47. The zero-order valence-electron chi connectivity index (χ0n) is 9.82. The Morgan fingerprint density at radius 3 is 2.93 bits per heavy atom. The second-order valence-corrected chi connectivity index (χ2v) is 5.70. The molecule has 1 N–H and O–H groups in total. The van der Waals surface area contributed by atoms with Crippen LogP contribution in [-0.4, -0.2) is 20.8 Å². The number of hydrogen-bond donors (Lipinski definition) is 1. The van der Waals surface area contributed by atoms with E-state index in [0.29, 0.717) is 0 Å². The zero-order valence-corrected chi connectivity index (χ0v) is 9.82. The summed E-state index contributed by atoms with van der Waals surface area (Å²) in [6, 6.07) is 0. The lowest BCUT2D eigenvalue weighted by Gasteiger charge is -2.23. The molecule has 15 heavy (non-hydrogen) atoms. The standard InChI is InChI=1S/C12H20N2O/c1-12(2,3)7-11-13-8-9-6-10(15)4-5-14(9)11/h8,10,15H,4-7H2,1-3H3. The van der Waals surface area contributed by atoms with Crippen LogP contribution in [0.2, 0.25) is 0 Å². The van der Waals surface area contributed by atoms with Crippen molar-refractivity contribution in [2.45, 2.75) is 52.7 Å². The number of aromatic nitrogens is 2. The molecule has 1 aromatic heterocycles. The van der Waals surface area contributed by atoms with Crippen LogP contribution in [0.1, 0.15) is 38.7 Å². The molecule has 3 nitrogen and oxygen atoms in total. The lowest BCUT2D eigenvalue weighted by molar-refractivity contribution is 0.142. The van der Waals surface area contributed by atoms with E-state index in [4.69, 9.17) is 0 Å². The number of aliphatic hydroxyl groups excluding tert-OH is 1. The SMILES string of the molecule is CC(C)(C)Cc1ncc2n1CCC(O)C2. The van der Waals surface area contributed by atoms with Gasteiger partial charge >= 0.3 is 0 Å². The van der Waals surface area contributed by atoms with Gasteiger partial charge in [0.15, 0.2) is 0 Å². The summed E-state index contributed by atoms with van der Waals surface area (Å²) in [5.74, 6) is 1.17. The third-order valence-electron chi connectivity index (χ3n) is 2.84. The molecule has 0 bridgehead atoms. The van der Waals surface area contributed by atoms with Gasteiger partial charge in [-0.2, -0.15) is 0 Å². The Labute approximate surface area is 91.1 Å². The molecule has 0 aromatic carbocycles. The van der Waals surface area contributed by atoms with Gasteiger partial charge in [0.25, 0.3) is 0 Å². The van der Waals surface area contributed by atoms with E-state index >= 15 is 0 Å². The van der Waals surface area contributed by atoms with Crippen molar-refractivity contribution in [3.05, 3.63) is 17.7 Å². The molecule has 0 saturated heterocycles. The molecule has 0 radical (unpaired) electrons. The predicted octanol–water partition coefficient (Wildman–Crippen LogP) is 1.78. The van der Waals surface area contributed by atoms with Crippen LogP contribution in [0.25, 0.3) is 0 Å². The quantitative estimate of drug-likeness (QED) is 0.764. The van der Waals surface area contributed by atoms with Crippen LogP contribution in [0.4, 0.5) is 0 Å². The van der Waals surface area contributed by atoms with Crippen molar-refractivity contribution < 1.29 is 5.11 Å². The molecule has 0 amide bonds. The Hall–Kier alpha value is -0.830. The van der Waals surface area contributed by atoms with Gasteiger partial charge in [-0.1, -0.05) is 20.8 Å². The summed E-state index contributed by atoms with van der Waals surface area (Å²) in [5, 5.41) is 9.56. The number of hydrogen-bond acceptors (Lipinski definition) is 2. The van der Waals surface area contributed by atoms with E-state index in [9.17, 15) is 5.11 Å². The van der Waals surface area contributed by atoms with Gasteiger partial charge in [-0.15, -0.1) is 0 Å². The molecule has 2 rings (SSSR count). The highest BCUT2D eigenvalue weighted by Crippen LogP contribution is 2.23. The third kappa shape index (κ3) is 2.40. The summed E-state index contributed by atoms with van der Waals surface area (Å²) in [5.41, 5.74) is 1.46. The van der Waals surface area contributed by atoms with Gasteiger partial charge in [-0.25, -0.2) is 4.98 Å². The van der Waals surface area contributed by atoms with E-state index in [1.54, 1.807) is 0 Å². The summed E-state index contributed by atoms with van der Waals surface area (Å²) >= 11 is 0. The highest BCUT2D eigenvalue weighted by molar-refractivity contribution is 5.10. The number of aliphatic hydroxyl groups is 1. The van der Waals surface area contributed by atoms with Crippen LogP contribution in [-0.2, 0) is 19.4 Å². The smallest absolute Gasteiger partial charge is 0.109 e. The summed E-state index contributed by atoms with van der Waals surface area (Å²) < 4.78 is 2.28. The van der Waals surface area contributed by atoms with Crippen LogP contribution >= 0.6 is 0 Å². The van der Waals surface area contributed by atoms with Crippen molar-refractivity contribution in [3.63, 3.8) is 0 Å². The van der Waals surface area contributed by atoms with Gasteiger partial charge in [0.1, 0.15) is 5.82 Å². The number of fused-ring (bicyclic) bond motifs is 1. The first kappa shape index (κ1) is 10.7. The van der Waals surface area contributed by atoms with Crippen LogP contribution in [0.5, 0.6) is 0 Å². The molecule has 2 heterocycles. The fraction of sp³-hybridized carbons (Fsp3) is 0.750. The molecule has 0 saturated carbocycles. The molecule has 1 aliphatic heterocycles. The largest absolute Gasteiger partial charge is 0.393 e. The van der Waals surface area contributed by atoms with Crippen molar-refractivity contribution in [2.24, 2.45) is 5.41 Å². The van der Waals surface area contributed by atoms with E-state index in [1.807, 2.05) is 6.20 Å². The maximum absolute atomic E-state index is 9.56. The summed E-state index contributed by atoms with van der Waals surface area (Å²) in [6.45, 7) is 7.60. The average Bonchev–Trinajstić information content (AvgIpc) is 2.45. The Morgan fingerprint density at radius 1 is 1.53 bits per heavy atom. The van der Waals surface area contributed by atoms with Gasteiger partial charge in [0.2, 0.25) is 0 Å². The van der Waals surface area contributed by atoms with E-state index in [0.717, 1.165) is 25.8 Å². The molecule has 0 aliphatic carbocycles. The van der Waals surface area contributed by atoms with Crippen LogP contribution in [0.15, 0.2) is 6.20 Å². The molecular formula is C12H20N2O. The lowest BCUT2D eigenvalue weighted by atomic mass is 9.92. The summed E-state index contributed by atoms with van der Waals surface area (Å²) in [6.07, 6.45) is 4.38. The van der Waals surface area contributed by atoms with Crippen molar-refractivity contribution in [3.8, 4) is 0 Å². The first-order valence-electron chi connectivity index (χ1n) is 5.67.